The van der Waals surface area contributed by atoms with E-state index in [1.165, 1.54) is 22.7 Å². The number of carbonyl (C=O) groups is 1. The lowest BCUT2D eigenvalue weighted by molar-refractivity contribution is -0.143. The molecule has 2 aromatic heterocycles. The minimum Gasteiger partial charge on any atom is -0.493 e. The maximum absolute atomic E-state index is 13.9. The Kier molecular flexibility index (Phi) is 9.00. The van der Waals surface area contributed by atoms with Gasteiger partial charge in [0.05, 0.1) is 29.4 Å². The second-order valence-electron chi connectivity index (χ2n) is 9.08. The Hall–Kier alpha value is -4.03. The van der Waals surface area contributed by atoms with E-state index in [1.54, 1.807) is 45.0 Å². The van der Waals surface area contributed by atoms with Crippen LogP contribution < -0.4 is 10.3 Å². The SMILES string of the molecule is CCCc1nc(C)c2c(=O)[nH]c(-c3cc(S(=O)(=O)N(CC(=O)OCC)Cc4ccccc4)ccc3OCC)nn12. The molecular weight excluding hydrogens is 534 g/mol. The lowest BCUT2D eigenvalue weighted by Crippen LogP contribution is -2.36. The molecule has 2 heterocycles. The largest absolute Gasteiger partial charge is 0.493 e. The highest BCUT2D eigenvalue weighted by Crippen LogP contribution is 2.32. The van der Waals surface area contributed by atoms with Gasteiger partial charge >= 0.3 is 5.97 Å². The van der Waals surface area contributed by atoms with E-state index in [0.717, 1.165) is 10.7 Å². The van der Waals surface area contributed by atoms with Crippen LogP contribution in [0.4, 0.5) is 0 Å². The molecule has 0 saturated heterocycles. The number of rotatable bonds is 12. The van der Waals surface area contributed by atoms with Gasteiger partial charge in [-0.05, 0) is 51.0 Å². The number of benzene rings is 2. The fourth-order valence-corrected chi connectivity index (χ4v) is 5.79. The van der Waals surface area contributed by atoms with Crippen molar-refractivity contribution in [2.24, 2.45) is 0 Å². The average molecular weight is 568 g/mol. The molecule has 4 aromatic rings. The van der Waals surface area contributed by atoms with Gasteiger partial charge in [0.2, 0.25) is 10.0 Å². The van der Waals surface area contributed by atoms with Gasteiger partial charge < -0.3 is 14.5 Å². The molecule has 40 heavy (non-hydrogen) atoms. The Morgan fingerprint density at radius 3 is 2.50 bits per heavy atom. The molecule has 0 saturated carbocycles. The van der Waals surface area contributed by atoms with Gasteiger partial charge in [0.25, 0.3) is 5.56 Å². The average Bonchev–Trinajstić information content (AvgIpc) is 3.24. The Balaban J connectivity index is 1.85. The summed E-state index contributed by atoms with van der Waals surface area (Å²) in [5, 5.41) is 4.63. The van der Waals surface area contributed by atoms with E-state index >= 15 is 0 Å². The van der Waals surface area contributed by atoms with Crippen LogP contribution in [0.5, 0.6) is 5.75 Å². The van der Waals surface area contributed by atoms with E-state index in [1.807, 2.05) is 13.0 Å². The number of nitrogens with zero attached hydrogens (tertiary/aromatic N) is 4. The highest BCUT2D eigenvalue weighted by molar-refractivity contribution is 7.89. The number of nitrogens with one attached hydrogen (secondary N) is 1. The molecule has 0 atom stereocenters. The van der Waals surface area contributed by atoms with Crippen LogP contribution in [0.1, 0.15) is 44.3 Å². The van der Waals surface area contributed by atoms with E-state index in [4.69, 9.17) is 9.47 Å². The second kappa shape index (κ2) is 12.4. The zero-order valence-corrected chi connectivity index (χ0v) is 23.8. The quantitative estimate of drug-likeness (QED) is 0.257. The van der Waals surface area contributed by atoms with Crippen molar-refractivity contribution >= 4 is 21.5 Å². The van der Waals surface area contributed by atoms with Crippen LogP contribution in [-0.2, 0) is 32.5 Å². The number of fused-ring (bicyclic) bond motifs is 1. The molecule has 2 aromatic carbocycles. The molecule has 212 valence electrons. The van der Waals surface area contributed by atoms with E-state index in [0.29, 0.717) is 41.4 Å². The summed E-state index contributed by atoms with van der Waals surface area (Å²) in [4.78, 5) is 32.6. The molecule has 12 heteroatoms. The predicted octanol–water partition coefficient (Wildman–Crippen LogP) is 3.50. The maximum Gasteiger partial charge on any atom is 0.321 e. The van der Waals surface area contributed by atoms with Crippen LogP contribution in [0, 0.1) is 6.92 Å². The number of ether oxygens (including phenoxy) is 2. The molecular formula is C28H33N5O6S. The van der Waals surface area contributed by atoms with Crippen molar-refractivity contribution in [1.29, 1.82) is 0 Å². The van der Waals surface area contributed by atoms with Crippen molar-refractivity contribution in [2.75, 3.05) is 19.8 Å². The summed E-state index contributed by atoms with van der Waals surface area (Å²) in [7, 11) is -4.20. The topological polar surface area (TPSA) is 136 Å². The summed E-state index contributed by atoms with van der Waals surface area (Å²) in [6.45, 7) is 7.13. The van der Waals surface area contributed by atoms with Crippen LogP contribution >= 0.6 is 0 Å². The molecule has 0 spiro atoms. The summed E-state index contributed by atoms with van der Waals surface area (Å²) < 4.78 is 41.2. The Labute approximate surface area is 232 Å². The van der Waals surface area contributed by atoms with Gasteiger partial charge in [0.15, 0.2) is 11.3 Å². The van der Waals surface area contributed by atoms with Gasteiger partial charge in [-0.1, -0.05) is 37.3 Å². The van der Waals surface area contributed by atoms with Crippen LogP contribution in [0.25, 0.3) is 16.9 Å². The summed E-state index contributed by atoms with van der Waals surface area (Å²) in [6, 6.07) is 13.3. The fraction of sp³-hybridized carbons (Fsp3) is 0.357. The monoisotopic (exact) mass is 567 g/mol. The number of esters is 1. The number of hydrogen-bond acceptors (Lipinski definition) is 8. The fourth-order valence-electron chi connectivity index (χ4n) is 4.39. The maximum atomic E-state index is 13.9. The number of hydrogen-bond donors (Lipinski definition) is 1. The third-order valence-electron chi connectivity index (χ3n) is 6.17. The van der Waals surface area contributed by atoms with Crippen molar-refractivity contribution in [2.45, 2.75) is 52.0 Å². The smallest absolute Gasteiger partial charge is 0.321 e. The molecule has 0 unspecified atom stereocenters. The molecule has 0 amide bonds. The first kappa shape index (κ1) is 29.0. The first-order valence-corrected chi connectivity index (χ1v) is 14.6. The van der Waals surface area contributed by atoms with Gasteiger partial charge in [-0.15, -0.1) is 5.10 Å². The van der Waals surface area contributed by atoms with Crippen LogP contribution in [0.3, 0.4) is 0 Å². The highest BCUT2D eigenvalue weighted by Gasteiger charge is 2.29. The van der Waals surface area contributed by atoms with Crippen LogP contribution in [0.15, 0.2) is 58.2 Å². The van der Waals surface area contributed by atoms with Crippen molar-refractivity contribution < 1.29 is 22.7 Å². The third kappa shape index (κ3) is 6.07. The van der Waals surface area contributed by atoms with Gasteiger partial charge in [-0.2, -0.15) is 4.31 Å². The molecule has 0 bridgehead atoms. The number of aromatic nitrogens is 4. The summed E-state index contributed by atoms with van der Waals surface area (Å²) >= 11 is 0. The number of H-pyrrole nitrogens is 1. The number of carbonyl (C=O) groups excluding carboxylic acids is 1. The molecule has 0 fully saturated rings. The number of sulfonamides is 1. The highest BCUT2D eigenvalue weighted by atomic mass is 32.2. The molecule has 0 aliphatic heterocycles. The molecule has 1 N–H and O–H groups in total. The van der Waals surface area contributed by atoms with Crippen molar-refractivity contribution in [3.8, 4) is 17.1 Å². The van der Waals surface area contributed by atoms with Gasteiger partial charge in [0, 0.05) is 13.0 Å². The van der Waals surface area contributed by atoms with Crippen molar-refractivity contribution in [3.63, 3.8) is 0 Å². The Morgan fingerprint density at radius 1 is 1.07 bits per heavy atom. The first-order valence-electron chi connectivity index (χ1n) is 13.1. The van der Waals surface area contributed by atoms with E-state index < -0.39 is 28.1 Å². The number of aromatic amines is 1. The Bertz CT molecular complexity index is 1660. The zero-order valence-electron chi connectivity index (χ0n) is 23.0. The summed E-state index contributed by atoms with van der Waals surface area (Å²) in [6.07, 6.45) is 1.41. The van der Waals surface area contributed by atoms with E-state index in [9.17, 15) is 18.0 Å². The molecule has 0 radical (unpaired) electrons. The lowest BCUT2D eigenvalue weighted by Gasteiger charge is -2.22. The van der Waals surface area contributed by atoms with Crippen molar-refractivity contribution in [1.82, 2.24) is 23.9 Å². The molecule has 4 rings (SSSR count). The number of imidazole rings is 1. The van der Waals surface area contributed by atoms with Crippen LogP contribution in [-0.4, -0.2) is 58.0 Å². The van der Waals surface area contributed by atoms with E-state index in [-0.39, 0.29) is 29.4 Å². The normalized spacial score (nSPS) is 11.7. The Morgan fingerprint density at radius 2 is 1.82 bits per heavy atom. The molecule has 0 aliphatic carbocycles. The second-order valence-corrected chi connectivity index (χ2v) is 11.0. The predicted molar refractivity (Wildman–Crippen MR) is 150 cm³/mol. The van der Waals surface area contributed by atoms with Gasteiger partial charge in [0.1, 0.15) is 18.1 Å². The van der Waals surface area contributed by atoms with E-state index in [2.05, 4.69) is 15.1 Å². The number of aryl methyl sites for hydroxylation is 2. The van der Waals surface area contributed by atoms with Gasteiger partial charge in [-0.25, -0.2) is 17.9 Å². The minimum absolute atomic E-state index is 0.0414. The standard InChI is InChI=1S/C28H33N5O6S/c1-5-11-24-29-19(4)26-28(35)30-27(31-33(24)26)22-16-21(14-15-23(22)38-6-2)40(36,37)32(18-25(34)39-7-3)17-20-12-9-8-10-13-20/h8-10,12-16H,5-7,11,17-18H2,1-4H3,(H,30,31,35). The lowest BCUT2D eigenvalue weighted by atomic mass is 10.2. The molecule has 0 aliphatic rings. The van der Waals surface area contributed by atoms with Gasteiger partial charge in [-0.3, -0.25) is 9.59 Å². The van der Waals surface area contributed by atoms with Crippen LogP contribution in [0.2, 0.25) is 0 Å². The zero-order chi connectivity index (χ0) is 28.9. The first-order chi connectivity index (χ1) is 19.2. The van der Waals surface area contributed by atoms with Crippen molar-refractivity contribution in [3.05, 3.63) is 76.0 Å². The summed E-state index contributed by atoms with van der Waals surface area (Å²) in [5.41, 5.74) is 1.47. The summed E-state index contributed by atoms with van der Waals surface area (Å²) in [5.74, 6) is 0.446. The minimum atomic E-state index is -4.20. The third-order valence-corrected chi connectivity index (χ3v) is 7.96. The molecule has 11 nitrogen and oxygen atoms in total.